The van der Waals surface area contributed by atoms with Crippen molar-refractivity contribution in [1.29, 1.82) is 10.5 Å². The molecule has 1 aromatic heterocycles. The van der Waals surface area contributed by atoms with Crippen molar-refractivity contribution >= 4 is 16.7 Å². The van der Waals surface area contributed by atoms with E-state index >= 15 is 0 Å². The van der Waals surface area contributed by atoms with E-state index in [4.69, 9.17) is 10.2 Å². The Labute approximate surface area is 130 Å². The predicted molar refractivity (Wildman–Crippen MR) is 86.4 cm³/mol. The van der Waals surface area contributed by atoms with Gasteiger partial charge in [0.1, 0.15) is 5.82 Å². The molecule has 1 aromatic carbocycles. The maximum atomic E-state index is 9.47. The van der Waals surface area contributed by atoms with Crippen molar-refractivity contribution < 1.29 is 0 Å². The Balaban J connectivity index is 2.16. The van der Waals surface area contributed by atoms with Gasteiger partial charge in [-0.3, -0.25) is 0 Å². The number of piperidine rings is 1. The second-order valence-corrected chi connectivity index (χ2v) is 6.02. The SMILES string of the molecule is C[C@@H]1CCC[C@H](C)N1c1cc(C#N)c2cc(C#N)ccc2n1. The molecular weight excluding hydrogens is 272 g/mol. The normalized spacial score (nSPS) is 21.4. The summed E-state index contributed by atoms with van der Waals surface area (Å²) in [4.78, 5) is 7.07. The van der Waals surface area contributed by atoms with Gasteiger partial charge in [-0.1, -0.05) is 0 Å². The quantitative estimate of drug-likeness (QED) is 0.802. The maximum Gasteiger partial charge on any atom is 0.131 e. The molecule has 0 amide bonds. The monoisotopic (exact) mass is 290 g/mol. The Morgan fingerprint density at radius 1 is 1.09 bits per heavy atom. The van der Waals surface area contributed by atoms with Crippen LogP contribution in [0.1, 0.15) is 44.2 Å². The molecule has 3 rings (SSSR count). The number of aromatic nitrogens is 1. The molecule has 1 fully saturated rings. The van der Waals surface area contributed by atoms with Crippen LogP contribution in [0.4, 0.5) is 5.82 Å². The number of nitriles is 2. The fraction of sp³-hybridized carbons (Fsp3) is 0.389. The summed E-state index contributed by atoms with van der Waals surface area (Å²) in [6.07, 6.45) is 3.54. The minimum atomic E-state index is 0.429. The van der Waals surface area contributed by atoms with E-state index in [-0.39, 0.29) is 0 Å². The Morgan fingerprint density at radius 2 is 1.82 bits per heavy atom. The molecule has 110 valence electrons. The van der Waals surface area contributed by atoms with Crippen LogP contribution >= 0.6 is 0 Å². The van der Waals surface area contributed by atoms with Crippen LogP contribution in [-0.4, -0.2) is 17.1 Å². The predicted octanol–water partition coefficient (Wildman–Crippen LogP) is 3.75. The highest BCUT2D eigenvalue weighted by Gasteiger charge is 2.26. The molecule has 2 aromatic rings. The first-order valence-corrected chi connectivity index (χ1v) is 7.67. The first-order valence-electron chi connectivity index (χ1n) is 7.67. The van der Waals surface area contributed by atoms with Gasteiger partial charge in [-0.25, -0.2) is 4.98 Å². The number of anilines is 1. The number of hydrogen-bond donors (Lipinski definition) is 0. The van der Waals surface area contributed by atoms with Gasteiger partial charge in [0.25, 0.3) is 0 Å². The number of pyridine rings is 1. The lowest BCUT2D eigenvalue weighted by molar-refractivity contribution is 0.411. The molecule has 4 heteroatoms. The average molecular weight is 290 g/mol. The topological polar surface area (TPSA) is 63.7 Å². The minimum Gasteiger partial charge on any atom is -0.351 e. The van der Waals surface area contributed by atoms with E-state index in [9.17, 15) is 5.26 Å². The van der Waals surface area contributed by atoms with Gasteiger partial charge in [-0.2, -0.15) is 10.5 Å². The molecule has 0 N–H and O–H groups in total. The standard InChI is InChI=1S/C18H18N4/c1-12-4-3-5-13(2)22(12)18-9-15(11-20)16-8-14(10-19)6-7-17(16)21-18/h6-9,12-13H,3-5H2,1-2H3/t12-,13+. The van der Waals surface area contributed by atoms with Crippen LogP contribution in [0, 0.1) is 22.7 Å². The first kappa shape index (κ1) is 14.4. The Hall–Kier alpha value is -2.59. The van der Waals surface area contributed by atoms with Crippen molar-refractivity contribution in [2.24, 2.45) is 0 Å². The van der Waals surface area contributed by atoms with E-state index in [1.54, 1.807) is 12.1 Å². The Morgan fingerprint density at radius 3 is 2.45 bits per heavy atom. The van der Waals surface area contributed by atoms with Gasteiger partial charge in [0.2, 0.25) is 0 Å². The van der Waals surface area contributed by atoms with Crippen molar-refractivity contribution in [3.63, 3.8) is 0 Å². The van der Waals surface area contributed by atoms with Gasteiger partial charge < -0.3 is 4.90 Å². The largest absolute Gasteiger partial charge is 0.351 e. The third kappa shape index (κ3) is 2.38. The molecule has 22 heavy (non-hydrogen) atoms. The summed E-state index contributed by atoms with van der Waals surface area (Å²) in [5.41, 5.74) is 1.92. The van der Waals surface area contributed by atoms with Crippen LogP contribution < -0.4 is 4.90 Å². The van der Waals surface area contributed by atoms with Crippen molar-refractivity contribution in [2.75, 3.05) is 4.90 Å². The zero-order valence-corrected chi connectivity index (χ0v) is 12.9. The zero-order chi connectivity index (χ0) is 15.7. The summed E-state index contributed by atoms with van der Waals surface area (Å²) in [5.74, 6) is 0.869. The number of benzene rings is 1. The summed E-state index contributed by atoms with van der Waals surface area (Å²) < 4.78 is 0. The lowest BCUT2D eigenvalue weighted by Gasteiger charge is -2.40. The highest BCUT2D eigenvalue weighted by atomic mass is 15.2. The second kappa shape index (κ2) is 5.66. The number of rotatable bonds is 1. The van der Waals surface area contributed by atoms with Gasteiger partial charge in [0.05, 0.1) is 28.8 Å². The van der Waals surface area contributed by atoms with Gasteiger partial charge in [-0.15, -0.1) is 0 Å². The summed E-state index contributed by atoms with van der Waals surface area (Å²) in [5, 5.41) is 19.3. The van der Waals surface area contributed by atoms with E-state index in [1.807, 2.05) is 12.1 Å². The second-order valence-electron chi connectivity index (χ2n) is 6.02. The molecule has 0 spiro atoms. The van der Waals surface area contributed by atoms with E-state index in [2.05, 4.69) is 30.9 Å². The highest BCUT2D eigenvalue weighted by molar-refractivity contribution is 5.87. The fourth-order valence-electron chi connectivity index (χ4n) is 3.38. The van der Waals surface area contributed by atoms with E-state index < -0.39 is 0 Å². The third-order valence-corrected chi connectivity index (χ3v) is 4.50. The van der Waals surface area contributed by atoms with Gasteiger partial charge >= 0.3 is 0 Å². The molecule has 1 aliphatic rings. The third-order valence-electron chi connectivity index (χ3n) is 4.50. The van der Waals surface area contributed by atoms with E-state index in [1.165, 1.54) is 6.42 Å². The van der Waals surface area contributed by atoms with Crippen LogP contribution in [0.5, 0.6) is 0 Å². The number of hydrogen-bond acceptors (Lipinski definition) is 4. The highest BCUT2D eigenvalue weighted by Crippen LogP contribution is 2.30. The first-order chi connectivity index (χ1) is 10.6. The summed E-state index contributed by atoms with van der Waals surface area (Å²) in [6, 6.07) is 12.4. The Kier molecular flexibility index (Phi) is 3.69. The van der Waals surface area contributed by atoms with Gasteiger partial charge in [0.15, 0.2) is 0 Å². The molecule has 1 saturated heterocycles. The molecule has 0 radical (unpaired) electrons. The zero-order valence-electron chi connectivity index (χ0n) is 12.9. The van der Waals surface area contributed by atoms with E-state index in [0.717, 1.165) is 29.6 Å². The van der Waals surface area contributed by atoms with Gasteiger partial charge in [0, 0.05) is 17.5 Å². The lowest BCUT2D eigenvalue weighted by atomic mass is 9.97. The summed E-state index contributed by atoms with van der Waals surface area (Å²) in [6.45, 7) is 4.43. The van der Waals surface area contributed by atoms with Crippen molar-refractivity contribution in [3.05, 3.63) is 35.4 Å². The Bertz CT molecular complexity index is 787. The molecule has 2 heterocycles. The van der Waals surface area contributed by atoms with Crippen molar-refractivity contribution in [3.8, 4) is 12.1 Å². The molecule has 0 aliphatic carbocycles. The minimum absolute atomic E-state index is 0.429. The summed E-state index contributed by atoms with van der Waals surface area (Å²) >= 11 is 0. The summed E-state index contributed by atoms with van der Waals surface area (Å²) in [7, 11) is 0. The molecule has 0 saturated carbocycles. The van der Waals surface area contributed by atoms with Gasteiger partial charge in [-0.05, 0) is 57.4 Å². The van der Waals surface area contributed by atoms with Crippen molar-refractivity contribution in [2.45, 2.75) is 45.2 Å². The van der Waals surface area contributed by atoms with Crippen molar-refractivity contribution in [1.82, 2.24) is 4.98 Å². The maximum absolute atomic E-state index is 9.47. The van der Waals surface area contributed by atoms with Crippen LogP contribution in [0.15, 0.2) is 24.3 Å². The molecular formula is C18H18N4. The van der Waals surface area contributed by atoms with Crippen LogP contribution in [0.25, 0.3) is 10.9 Å². The number of fused-ring (bicyclic) bond motifs is 1. The molecule has 2 atom stereocenters. The van der Waals surface area contributed by atoms with Crippen LogP contribution in [0.2, 0.25) is 0 Å². The molecule has 0 unspecified atom stereocenters. The fourth-order valence-corrected chi connectivity index (χ4v) is 3.38. The van der Waals surface area contributed by atoms with Crippen LogP contribution in [0.3, 0.4) is 0 Å². The average Bonchev–Trinajstić information content (AvgIpc) is 2.53. The molecule has 0 bridgehead atoms. The van der Waals surface area contributed by atoms with Crippen LogP contribution in [-0.2, 0) is 0 Å². The molecule has 1 aliphatic heterocycles. The lowest BCUT2D eigenvalue weighted by Crippen LogP contribution is -2.44. The number of nitrogens with zero attached hydrogens (tertiary/aromatic N) is 4. The van der Waals surface area contributed by atoms with E-state index in [0.29, 0.717) is 23.2 Å². The molecule has 4 nitrogen and oxygen atoms in total. The smallest absolute Gasteiger partial charge is 0.131 e.